The number of hydrogen-bond donors (Lipinski definition) is 4. The molecule has 0 aliphatic carbocycles. The van der Waals surface area contributed by atoms with Gasteiger partial charge in [-0.25, -0.2) is 9.59 Å². The minimum absolute atomic E-state index is 0.109. The molecule has 0 unspecified atom stereocenters. The number of carboxylic acid groups (broad SMARTS) is 1. The number of phenolic OH excluding ortho intramolecular Hbond substituents is 2. The van der Waals surface area contributed by atoms with E-state index in [-0.39, 0.29) is 17.1 Å². The van der Waals surface area contributed by atoms with Crippen molar-refractivity contribution in [3.8, 4) is 23.0 Å². The van der Waals surface area contributed by atoms with E-state index in [9.17, 15) is 19.8 Å². The van der Waals surface area contributed by atoms with Crippen LogP contribution in [0.2, 0.25) is 0 Å². The first-order valence-electron chi connectivity index (χ1n) is 5.69. The summed E-state index contributed by atoms with van der Waals surface area (Å²) in [7, 11) is 0. The summed E-state index contributed by atoms with van der Waals surface area (Å²) in [5.41, 5.74) is -0.618. The first-order valence-corrected chi connectivity index (χ1v) is 5.69. The zero-order chi connectivity index (χ0) is 15.6. The normalized spacial score (nSPS) is 10.1. The Labute approximate surface area is 118 Å². The fourth-order valence-electron chi connectivity index (χ4n) is 1.60. The molecule has 0 heterocycles. The quantitative estimate of drug-likeness (QED) is 0.501. The van der Waals surface area contributed by atoms with Crippen LogP contribution >= 0.6 is 0 Å². The van der Waals surface area contributed by atoms with E-state index >= 15 is 0 Å². The molecule has 4 N–H and O–H groups in total. The van der Waals surface area contributed by atoms with Gasteiger partial charge in [0.15, 0.2) is 0 Å². The van der Waals surface area contributed by atoms with Crippen LogP contribution in [0.4, 0.5) is 0 Å². The highest BCUT2D eigenvalue weighted by Crippen LogP contribution is 2.26. The summed E-state index contributed by atoms with van der Waals surface area (Å²) in [6.07, 6.45) is 0. The lowest BCUT2D eigenvalue weighted by Crippen LogP contribution is -2.09. The number of rotatable bonds is 3. The molecule has 0 spiro atoms. The van der Waals surface area contributed by atoms with Crippen LogP contribution in [-0.4, -0.2) is 32.4 Å². The minimum Gasteiger partial charge on any atom is -0.508 e. The third-order valence-electron chi connectivity index (χ3n) is 2.61. The van der Waals surface area contributed by atoms with Crippen molar-refractivity contribution in [2.45, 2.75) is 0 Å². The van der Waals surface area contributed by atoms with Crippen LogP contribution in [0, 0.1) is 0 Å². The Balaban J connectivity index is 2.27. The number of esters is 1. The second-order valence-electron chi connectivity index (χ2n) is 4.08. The smallest absolute Gasteiger partial charge is 0.347 e. The number of hydrogen-bond acceptors (Lipinski definition) is 6. The van der Waals surface area contributed by atoms with Crippen molar-refractivity contribution in [2.75, 3.05) is 0 Å². The standard InChI is InChI=1S/C14H10O7/c15-7-1-3-9(12(17)5-7)14(20)21-8-2-4-11(16)10(6-8)13(18)19/h1-6,15-17H,(H,18,19). The maximum absolute atomic E-state index is 11.8. The minimum atomic E-state index is -1.38. The summed E-state index contributed by atoms with van der Waals surface area (Å²) in [5.74, 6) is -3.58. The van der Waals surface area contributed by atoms with Crippen molar-refractivity contribution in [1.29, 1.82) is 0 Å². The Hall–Kier alpha value is -3.22. The van der Waals surface area contributed by atoms with Gasteiger partial charge in [-0.2, -0.15) is 0 Å². The van der Waals surface area contributed by atoms with E-state index in [0.717, 1.165) is 24.3 Å². The lowest BCUT2D eigenvalue weighted by Gasteiger charge is -2.07. The number of carboxylic acids is 1. The highest BCUT2D eigenvalue weighted by molar-refractivity contribution is 5.95. The Morgan fingerprint density at radius 2 is 1.57 bits per heavy atom. The van der Waals surface area contributed by atoms with Crippen molar-refractivity contribution in [3.63, 3.8) is 0 Å². The van der Waals surface area contributed by atoms with Crippen molar-refractivity contribution in [3.05, 3.63) is 47.5 Å². The van der Waals surface area contributed by atoms with E-state index in [2.05, 4.69) is 0 Å². The van der Waals surface area contributed by atoms with Crippen molar-refractivity contribution in [1.82, 2.24) is 0 Å². The predicted molar refractivity (Wildman–Crippen MR) is 69.8 cm³/mol. The molecule has 0 radical (unpaired) electrons. The van der Waals surface area contributed by atoms with Gasteiger partial charge in [0.05, 0.1) is 0 Å². The van der Waals surface area contributed by atoms with Crippen LogP contribution in [-0.2, 0) is 0 Å². The molecule has 7 heteroatoms. The van der Waals surface area contributed by atoms with Crippen LogP contribution in [0.25, 0.3) is 0 Å². The van der Waals surface area contributed by atoms with Gasteiger partial charge in [-0.15, -0.1) is 0 Å². The van der Waals surface area contributed by atoms with Gasteiger partial charge < -0.3 is 25.2 Å². The maximum Gasteiger partial charge on any atom is 0.347 e. The molecule has 0 saturated heterocycles. The van der Waals surface area contributed by atoms with E-state index in [1.165, 1.54) is 12.1 Å². The third kappa shape index (κ3) is 3.03. The summed E-state index contributed by atoms with van der Waals surface area (Å²) < 4.78 is 4.91. The maximum atomic E-state index is 11.8. The van der Waals surface area contributed by atoms with Gasteiger partial charge in [0, 0.05) is 6.07 Å². The molecule has 0 bridgehead atoms. The van der Waals surface area contributed by atoms with E-state index < -0.39 is 29.0 Å². The van der Waals surface area contributed by atoms with Crippen LogP contribution in [0.1, 0.15) is 20.7 Å². The zero-order valence-corrected chi connectivity index (χ0v) is 10.5. The van der Waals surface area contributed by atoms with Crippen LogP contribution in [0.15, 0.2) is 36.4 Å². The largest absolute Gasteiger partial charge is 0.508 e. The van der Waals surface area contributed by atoms with Crippen molar-refractivity contribution in [2.24, 2.45) is 0 Å². The summed E-state index contributed by atoms with van der Waals surface area (Å²) in [5, 5.41) is 36.9. The summed E-state index contributed by atoms with van der Waals surface area (Å²) in [4.78, 5) is 22.7. The zero-order valence-electron chi connectivity index (χ0n) is 10.5. The number of ether oxygens (including phenoxy) is 1. The molecular formula is C14H10O7. The Kier molecular flexibility index (Phi) is 3.66. The SMILES string of the molecule is O=C(O)c1cc(OC(=O)c2ccc(O)cc2O)ccc1O. The highest BCUT2D eigenvalue weighted by Gasteiger charge is 2.16. The Bertz CT molecular complexity index is 721. The lowest BCUT2D eigenvalue weighted by atomic mass is 10.2. The molecule has 0 aliphatic rings. The number of carbonyl (C=O) groups excluding carboxylic acids is 1. The number of benzene rings is 2. The van der Waals surface area contributed by atoms with Gasteiger partial charge in [-0.3, -0.25) is 0 Å². The molecule has 0 amide bonds. The molecule has 0 fully saturated rings. The molecule has 2 aromatic rings. The van der Waals surface area contributed by atoms with Gasteiger partial charge in [0.1, 0.15) is 34.1 Å². The second kappa shape index (κ2) is 5.41. The number of carbonyl (C=O) groups is 2. The summed E-state index contributed by atoms with van der Waals surface area (Å²) >= 11 is 0. The van der Waals surface area contributed by atoms with E-state index in [1.807, 2.05) is 0 Å². The lowest BCUT2D eigenvalue weighted by molar-refractivity contribution is 0.0683. The van der Waals surface area contributed by atoms with Crippen molar-refractivity contribution < 1.29 is 34.8 Å². The molecule has 0 aromatic heterocycles. The van der Waals surface area contributed by atoms with Gasteiger partial charge in [0.2, 0.25) is 0 Å². The molecular weight excluding hydrogens is 280 g/mol. The van der Waals surface area contributed by atoms with Crippen LogP contribution in [0.5, 0.6) is 23.0 Å². The molecule has 21 heavy (non-hydrogen) atoms. The molecule has 0 saturated carbocycles. The van der Waals surface area contributed by atoms with Gasteiger partial charge in [-0.1, -0.05) is 0 Å². The first kappa shape index (κ1) is 14.2. The fourth-order valence-corrected chi connectivity index (χ4v) is 1.60. The topological polar surface area (TPSA) is 124 Å². The molecule has 2 aromatic carbocycles. The average Bonchev–Trinajstić information content (AvgIpc) is 2.40. The van der Waals surface area contributed by atoms with E-state index in [0.29, 0.717) is 0 Å². The molecule has 2 rings (SSSR count). The predicted octanol–water partition coefficient (Wildman–Crippen LogP) is 1.72. The Morgan fingerprint density at radius 3 is 2.19 bits per heavy atom. The number of aromatic carboxylic acids is 1. The van der Waals surface area contributed by atoms with Crippen molar-refractivity contribution >= 4 is 11.9 Å². The highest BCUT2D eigenvalue weighted by atomic mass is 16.5. The monoisotopic (exact) mass is 290 g/mol. The second-order valence-corrected chi connectivity index (χ2v) is 4.08. The van der Waals surface area contributed by atoms with Crippen LogP contribution in [0.3, 0.4) is 0 Å². The number of phenols is 3. The molecule has 0 atom stereocenters. The Morgan fingerprint density at radius 1 is 0.857 bits per heavy atom. The number of aromatic hydroxyl groups is 3. The fraction of sp³-hybridized carbons (Fsp3) is 0. The van der Waals surface area contributed by atoms with Gasteiger partial charge >= 0.3 is 11.9 Å². The van der Waals surface area contributed by atoms with Gasteiger partial charge in [-0.05, 0) is 30.3 Å². The van der Waals surface area contributed by atoms with Gasteiger partial charge in [0.25, 0.3) is 0 Å². The summed E-state index contributed by atoms with van der Waals surface area (Å²) in [6.45, 7) is 0. The molecule has 108 valence electrons. The van der Waals surface area contributed by atoms with E-state index in [4.69, 9.17) is 14.9 Å². The average molecular weight is 290 g/mol. The van der Waals surface area contributed by atoms with E-state index in [1.54, 1.807) is 0 Å². The molecule has 7 nitrogen and oxygen atoms in total. The first-order chi connectivity index (χ1) is 9.88. The van der Waals surface area contributed by atoms with Crippen LogP contribution < -0.4 is 4.74 Å². The third-order valence-corrected chi connectivity index (χ3v) is 2.61. The molecule has 0 aliphatic heterocycles. The summed E-state index contributed by atoms with van der Waals surface area (Å²) in [6, 6.07) is 6.57.